The van der Waals surface area contributed by atoms with Crippen molar-refractivity contribution >= 4 is 5.91 Å². The summed E-state index contributed by atoms with van der Waals surface area (Å²) in [5.41, 5.74) is 0.659. The zero-order valence-electron chi connectivity index (χ0n) is 12.2. The molecule has 0 unspecified atom stereocenters. The van der Waals surface area contributed by atoms with Crippen LogP contribution in [0.25, 0.3) is 0 Å². The first kappa shape index (κ1) is 16.6. The van der Waals surface area contributed by atoms with Gasteiger partial charge in [0.25, 0.3) is 5.91 Å². The zero-order chi connectivity index (χ0) is 17.0. The lowest BCUT2D eigenvalue weighted by molar-refractivity contribution is -0.137. The van der Waals surface area contributed by atoms with E-state index in [2.05, 4.69) is 5.32 Å². The van der Waals surface area contributed by atoms with Gasteiger partial charge in [-0.2, -0.15) is 18.4 Å². The molecule has 0 aromatic heterocycles. The fraction of sp³-hybridized carbons (Fsp3) is 0.176. The van der Waals surface area contributed by atoms with Crippen LogP contribution in [0.3, 0.4) is 0 Å². The van der Waals surface area contributed by atoms with Gasteiger partial charge in [-0.15, -0.1) is 0 Å². The van der Waals surface area contributed by atoms with Crippen molar-refractivity contribution < 1.29 is 18.0 Å². The van der Waals surface area contributed by atoms with E-state index in [4.69, 9.17) is 5.26 Å². The standard InChI is InChI=1S/C17H13F3N2O/c1-11(13-6-8-15(9-7-13)17(18,19)20)22-16(23)14-4-2-12(10-21)3-5-14/h2-9,11H,1H3,(H,22,23)/t11-/m0/s1. The third-order valence-electron chi connectivity index (χ3n) is 3.36. The Morgan fingerprint density at radius 3 is 2.13 bits per heavy atom. The molecular formula is C17H13F3N2O. The Morgan fingerprint density at radius 2 is 1.65 bits per heavy atom. The maximum atomic E-state index is 12.5. The average molecular weight is 318 g/mol. The van der Waals surface area contributed by atoms with Crippen LogP contribution >= 0.6 is 0 Å². The lowest BCUT2D eigenvalue weighted by Gasteiger charge is -2.15. The summed E-state index contributed by atoms with van der Waals surface area (Å²) in [6, 6.07) is 12.3. The molecule has 0 aliphatic carbocycles. The topological polar surface area (TPSA) is 52.9 Å². The van der Waals surface area contributed by atoms with Gasteiger partial charge >= 0.3 is 6.18 Å². The van der Waals surface area contributed by atoms with Crippen molar-refractivity contribution in [2.24, 2.45) is 0 Å². The number of carbonyl (C=O) groups excluding carboxylic acids is 1. The molecule has 6 heteroatoms. The molecule has 2 rings (SSSR count). The highest BCUT2D eigenvalue weighted by atomic mass is 19.4. The lowest BCUT2D eigenvalue weighted by atomic mass is 10.0. The number of nitrogens with one attached hydrogen (secondary N) is 1. The van der Waals surface area contributed by atoms with Crippen LogP contribution in [0.5, 0.6) is 0 Å². The molecule has 0 spiro atoms. The van der Waals surface area contributed by atoms with Crippen molar-refractivity contribution in [3.63, 3.8) is 0 Å². The molecule has 0 aliphatic heterocycles. The van der Waals surface area contributed by atoms with E-state index in [0.717, 1.165) is 12.1 Å². The third kappa shape index (κ3) is 4.10. The molecule has 0 aliphatic rings. The molecule has 1 atom stereocenters. The number of benzene rings is 2. The summed E-state index contributed by atoms with van der Waals surface area (Å²) < 4.78 is 37.6. The van der Waals surface area contributed by atoms with Gasteiger partial charge in [-0.1, -0.05) is 12.1 Å². The number of carbonyl (C=O) groups is 1. The maximum absolute atomic E-state index is 12.5. The Balaban J connectivity index is 2.07. The van der Waals surface area contributed by atoms with Crippen molar-refractivity contribution in [2.75, 3.05) is 0 Å². The second-order valence-electron chi connectivity index (χ2n) is 5.00. The molecule has 1 amide bonds. The normalized spacial score (nSPS) is 12.3. The molecule has 3 nitrogen and oxygen atoms in total. The van der Waals surface area contributed by atoms with Gasteiger partial charge in [0.05, 0.1) is 23.2 Å². The fourth-order valence-electron chi connectivity index (χ4n) is 2.02. The summed E-state index contributed by atoms with van der Waals surface area (Å²) in [7, 11) is 0. The highest BCUT2D eigenvalue weighted by Gasteiger charge is 2.30. The van der Waals surface area contributed by atoms with Crippen LogP contribution in [0.4, 0.5) is 13.2 Å². The minimum Gasteiger partial charge on any atom is -0.346 e. The molecule has 0 saturated carbocycles. The van der Waals surface area contributed by atoms with E-state index in [9.17, 15) is 18.0 Å². The zero-order valence-corrected chi connectivity index (χ0v) is 12.2. The molecule has 1 N–H and O–H groups in total. The maximum Gasteiger partial charge on any atom is 0.416 e. The minimum absolute atomic E-state index is 0.359. The molecular weight excluding hydrogens is 305 g/mol. The van der Waals surface area contributed by atoms with Crippen molar-refractivity contribution in [3.8, 4) is 6.07 Å². The predicted molar refractivity (Wildman–Crippen MR) is 78.5 cm³/mol. The van der Waals surface area contributed by atoms with E-state index >= 15 is 0 Å². The van der Waals surface area contributed by atoms with Crippen molar-refractivity contribution in [1.82, 2.24) is 5.32 Å². The van der Waals surface area contributed by atoms with E-state index < -0.39 is 17.8 Å². The highest BCUT2D eigenvalue weighted by molar-refractivity contribution is 5.94. The molecule has 0 saturated heterocycles. The van der Waals surface area contributed by atoms with Crippen molar-refractivity contribution in [1.29, 1.82) is 5.26 Å². The number of hydrogen-bond donors (Lipinski definition) is 1. The van der Waals surface area contributed by atoms with Gasteiger partial charge in [0.1, 0.15) is 0 Å². The molecule has 0 fully saturated rings. The van der Waals surface area contributed by atoms with Gasteiger partial charge in [-0.05, 0) is 48.9 Å². The Morgan fingerprint density at radius 1 is 1.09 bits per heavy atom. The van der Waals surface area contributed by atoms with Crippen LogP contribution < -0.4 is 5.32 Å². The van der Waals surface area contributed by atoms with E-state index in [1.54, 1.807) is 6.92 Å². The summed E-state index contributed by atoms with van der Waals surface area (Å²) in [6.07, 6.45) is -4.38. The number of amides is 1. The van der Waals surface area contributed by atoms with Gasteiger partial charge in [-0.3, -0.25) is 4.79 Å². The van der Waals surface area contributed by atoms with Gasteiger partial charge in [0, 0.05) is 5.56 Å². The quantitative estimate of drug-likeness (QED) is 0.927. The number of hydrogen-bond acceptors (Lipinski definition) is 2. The van der Waals surface area contributed by atoms with Gasteiger partial charge < -0.3 is 5.32 Å². The summed E-state index contributed by atoms with van der Waals surface area (Å²) in [5, 5.41) is 11.4. The number of alkyl halides is 3. The molecule has 2 aromatic rings. The molecule has 0 radical (unpaired) electrons. The van der Waals surface area contributed by atoms with Crippen molar-refractivity contribution in [3.05, 3.63) is 70.8 Å². The Bertz CT molecular complexity index is 728. The summed E-state index contributed by atoms with van der Waals surface area (Å²) in [5.74, 6) is -0.359. The number of nitriles is 1. The van der Waals surface area contributed by atoms with E-state index in [1.807, 2.05) is 6.07 Å². The summed E-state index contributed by atoms with van der Waals surface area (Å²) in [4.78, 5) is 12.1. The van der Waals surface area contributed by atoms with E-state index in [-0.39, 0.29) is 5.91 Å². The van der Waals surface area contributed by atoms with Crippen LogP contribution in [0.2, 0.25) is 0 Å². The van der Waals surface area contributed by atoms with Crippen LogP contribution in [0, 0.1) is 11.3 Å². The van der Waals surface area contributed by atoms with E-state index in [0.29, 0.717) is 16.7 Å². The molecule has 2 aromatic carbocycles. The molecule has 0 heterocycles. The first-order chi connectivity index (χ1) is 10.8. The van der Waals surface area contributed by atoms with Gasteiger partial charge in [-0.25, -0.2) is 0 Å². The Hall–Kier alpha value is -2.81. The van der Waals surface area contributed by atoms with Gasteiger partial charge in [0.15, 0.2) is 0 Å². The molecule has 23 heavy (non-hydrogen) atoms. The summed E-state index contributed by atoms with van der Waals surface area (Å²) >= 11 is 0. The Kier molecular flexibility index (Phi) is 4.70. The number of rotatable bonds is 3. The first-order valence-corrected chi connectivity index (χ1v) is 6.79. The molecule has 118 valence electrons. The second kappa shape index (κ2) is 6.53. The summed E-state index contributed by atoms with van der Waals surface area (Å²) in [6.45, 7) is 1.68. The number of nitrogens with zero attached hydrogens (tertiary/aromatic N) is 1. The second-order valence-corrected chi connectivity index (χ2v) is 5.00. The predicted octanol–water partition coefficient (Wildman–Crippen LogP) is 4.07. The largest absolute Gasteiger partial charge is 0.416 e. The fourth-order valence-corrected chi connectivity index (χ4v) is 2.02. The highest BCUT2D eigenvalue weighted by Crippen LogP contribution is 2.29. The molecule has 0 bridgehead atoms. The monoisotopic (exact) mass is 318 g/mol. The minimum atomic E-state index is -4.38. The van der Waals surface area contributed by atoms with Gasteiger partial charge in [0.2, 0.25) is 0 Å². The van der Waals surface area contributed by atoms with Crippen LogP contribution in [0.15, 0.2) is 48.5 Å². The SMILES string of the molecule is C[C@H](NC(=O)c1ccc(C#N)cc1)c1ccc(C(F)(F)F)cc1. The number of halogens is 3. The van der Waals surface area contributed by atoms with E-state index in [1.165, 1.54) is 36.4 Å². The Labute approximate surface area is 131 Å². The average Bonchev–Trinajstić information content (AvgIpc) is 2.54. The lowest BCUT2D eigenvalue weighted by Crippen LogP contribution is -2.26. The van der Waals surface area contributed by atoms with Crippen LogP contribution in [-0.4, -0.2) is 5.91 Å². The van der Waals surface area contributed by atoms with Crippen LogP contribution in [-0.2, 0) is 6.18 Å². The van der Waals surface area contributed by atoms with Crippen LogP contribution in [0.1, 0.15) is 40.0 Å². The van der Waals surface area contributed by atoms with Crippen molar-refractivity contribution in [2.45, 2.75) is 19.1 Å². The smallest absolute Gasteiger partial charge is 0.346 e. The first-order valence-electron chi connectivity index (χ1n) is 6.79. The third-order valence-corrected chi connectivity index (χ3v) is 3.36.